The summed E-state index contributed by atoms with van der Waals surface area (Å²) >= 11 is 0. The van der Waals surface area contributed by atoms with E-state index in [9.17, 15) is 16.2 Å². The van der Waals surface area contributed by atoms with Crippen LogP contribution in [-0.4, -0.2) is 15.8 Å². The fourth-order valence-corrected chi connectivity index (χ4v) is 15.1. The van der Waals surface area contributed by atoms with Crippen LogP contribution < -0.4 is 26.2 Å². The summed E-state index contributed by atoms with van der Waals surface area (Å²) < 4.78 is 125. The fraction of sp³-hybridized carbons (Fsp3) is 0.0860. The van der Waals surface area contributed by atoms with E-state index in [0.717, 1.165) is 94.1 Å². The standard InChI is InChI=1S/C93H70BN5/c1-92(2,3)69-49-67(50-70(56-69)93(4,5)6)64-42-44-81-87(53-64)98(73-47-60(59-95)46-72(57-73)97-85-40-24-20-36-79(85)80-37-21-25-41-86(80)97)89-54-68(76-33-17-16-32-75(76)63-30-14-9-15-31-63)55-90-91(89)94(81)82-45-43-71(96-83-38-22-18-34-77(83)78-35-19-23-39-84(78)96)58-88(82)99(90)74-51-65(61-26-10-7-11-27-61)48-66(52-74)62-28-12-8-13-29-62/h7-58H,1-6H3/i9D,14D,15D,18D,19D,22D,23D,30D,31D,34D,35D,38D,39D. The van der Waals surface area contributed by atoms with Gasteiger partial charge < -0.3 is 18.9 Å². The molecule has 0 unspecified atom stereocenters. The third kappa shape index (κ3) is 9.90. The van der Waals surface area contributed by atoms with Gasteiger partial charge in [-0.2, -0.15) is 5.26 Å². The van der Waals surface area contributed by atoms with Gasteiger partial charge in [0.25, 0.3) is 6.71 Å². The maximum absolute atomic E-state index is 11.6. The quantitative estimate of drug-likeness (QED) is 0.135. The SMILES string of the molecule is [2H]c1c([2H])c([2H])c(-c2ccccc2-c2cc3c4c(c2)N(c2cc(-c5ccccc5)cc(-c5ccccc5)c2)c2cc(-n5c6c([2H])c([2H])c([2H])c([2H])c6c6c([2H])c([2H])c([2H])c([2H])c65)ccc2B4c2ccc(-c4cc(C(C)(C)C)cc(C(C)(C)C)c4)cc2N3c2cc(C#N)cc(-n3c4ccccc4c4ccccc43)c2)c([2H])c1[2H]. The molecule has 0 bridgehead atoms. The number of nitriles is 1. The van der Waals surface area contributed by atoms with Crippen molar-refractivity contribution in [2.45, 2.75) is 52.4 Å². The lowest BCUT2D eigenvalue weighted by atomic mass is 9.33. The van der Waals surface area contributed by atoms with E-state index in [-0.39, 0.29) is 50.3 Å². The molecule has 2 aliphatic rings. The van der Waals surface area contributed by atoms with Crippen LogP contribution in [0, 0.1) is 11.3 Å². The van der Waals surface area contributed by atoms with Gasteiger partial charge in [0.05, 0.1) is 51.5 Å². The average molecular weight is 1280 g/mol. The van der Waals surface area contributed by atoms with Gasteiger partial charge in [0.15, 0.2) is 0 Å². The summed E-state index contributed by atoms with van der Waals surface area (Å²) in [5, 5.41) is 13.5. The second-order valence-electron chi connectivity index (χ2n) is 27.9. The van der Waals surface area contributed by atoms with Crippen molar-refractivity contribution in [3.63, 3.8) is 0 Å². The average Bonchev–Trinajstić information content (AvgIpc) is 0.778. The number of hydrogen-bond donors (Lipinski definition) is 0. The molecule has 0 radical (unpaired) electrons. The lowest BCUT2D eigenvalue weighted by Crippen LogP contribution is -2.61. The number of para-hydroxylation sites is 4. The predicted octanol–water partition coefficient (Wildman–Crippen LogP) is 22.8. The molecule has 470 valence electrons. The van der Waals surface area contributed by atoms with Crippen molar-refractivity contribution < 1.29 is 17.8 Å². The zero-order valence-corrected chi connectivity index (χ0v) is 55.3. The number of benzene rings is 14. The molecule has 2 aromatic heterocycles. The molecule has 0 saturated carbocycles. The predicted molar refractivity (Wildman–Crippen MR) is 418 cm³/mol. The van der Waals surface area contributed by atoms with Crippen molar-refractivity contribution in [3.05, 3.63) is 332 Å². The Labute approximate surface area is 597 Å². The molecule has 4 heterocycles. The van der Waals surface area contributed by atoms with E-state index >= 15 is 0 Å². The molecule has 2 aliphatic heterocycles. The van der Waals surface area contributed by atoms with Crippen molar-refractivity contribution >= 4 is 101 Å². The van der Waals surface area contributed by atoms with Crippen molar-refractivity contribution in [2.75, 3.05) is 9.80 Å². The molecule has 0 saturated heterocycles. The molecule has 14 aromatic carbocycles. The summed E-state index contributed by atoms with van der Waals surface area (Å²) in [5.74, 6) is 0. The Hall–Kier alpha value is -12.2. The van der Waals surface area contributed by atoms with Crippen molar-refractivity contribution in [1.29, 1.82) is 5.26 Å². The molecule has 99 heavy (non-hydrogen) atoms. The smallest absolute Gasteiger partial charge is 0.252 e. The second-order valence-corrected chi connectivity index (χ2v) is 27.9. The van der Waals surface area contributed by atoms with Gasteiger partial charge in [-0.3, -0.25) is 0 Å². The third-order valence-corrected chi connectivity index (χ3v) is 19.9. The van der Waals surface area contributed by atoms with E-state index in [2.05, 4.69) is 183 Å². The Bertz CT molecular complexity index is 6560. The number of anilines is 6. The molecular weight excluding hydrogens is 1200 g/mol. The van der Waals surface area contributed by atoms with Crippen LogP contribution in [0.25, 0.3) is 111 Å². The number of fused-ring (bicyclic) bond motifs is 10. The number of nitrogens with zero attached hydrogens (tertiary/aromatic N) is 5. The highest BCUT2D eigenvalue weighted by atomic mass is 15.2. The van der Waals surface area contributed by atoms with Crippen LogP contribution >= 0.6 is 0 Å². The minimum absolute atomic E-state index is 0.000584. The van der Waals surface area contributed by atoms with Gasteiger partial charge in [-0.15, -0.1) is 0 Å². The summed E-state index contributed by atoms with van der Waals surface area (Å²) in [6.07, 6.45) is 0. The molecule has 5 nitrogen and oxygen atoms in total. The van der Waals surface area contributed by atoms with Crippen LogP contribution in [-0.2, 0) is 10.8 Å². The van der Waals surface area contributed by atoms with Gasteiger partial charge in [0, 0.05) is 67.0 Å². The first-order valence-corrected chi connectivity index (χ1v) is 33.4. The molecule has 0 N–H and O–H groups in total. The second kappa shape index (κ2) is 23.0. The molecule has 16 aromatic rings. The first kappa shape index (κ1) is 46.9. The van der Waals surface area contributed by atoms with Gasteiger partial charge in [0.1, 0.15) is 0 Å². The van der Waals surface area contributed by atoms with Crippen LogP contribution in [0.15, 0.2) is 315 Å². The van der Waals surface area contributed by atoms with Crippen LogP contribution in [0.5, 0.6) is 0 Å². The molecule has 0 aliphatic carbocycles. The van der Waals surface area contributed by atoms with Gasteiger partial charge in [-0.1, -0.05) is 266 Å². The largest absolute Gasteiger partial charge is 0.311 e. The lowest BCUT2D eigenvalue weighted by Gasteiger charge is -2.45. The normalized spacial score (nSPS) is 14.5. The van der Waals surface area contributed by atoms with E-state index < -0.39 is 73.2 Å². The van der Waals surface area contributed by atoms with Crippen molar-refractivity contribution in [1.82, 2.24) is 9.13 Å². The summed E-state index contributed by atoms with van der Waals surface area (Å²) in [7, 11) is 0. The Balaban J connectivity index is 1.03. The molecule has 0 spiro atoms. The zero-order valence-electron chi connectivity index (χ0n) is 68.3. The van der Waals surface area contributed by atoms with Crippen LogP contribution in [0.3, 0.4) is 0 Å². The van der Waals surface area contributed by atoms with E-state index in [1.54, 1.807) is 16.7 Å². The van der Waals surface area contributed by atoms with Crippen LogP contribution in [0.4, 0.5) is 34.1 Å². The molecule has 0 amide bonds. The van der Waals surface area contributed by atoms with E-state index in [4.69, 9.17) is 6.85 Å². The van der Waals surface area contributed by atoms with Gasteiger partial charge >= 0.3 is 0 Å². The monoisotopic (exact) mass is 1280 g/mol. The molecular formula is C93H70BN5. The Kier molecular flexibility index (Phi) is 10.9. The Morgan fingerprint density at radius 3 is 1.36 bits per heavy atom. The minimum atomic E-state index is -0.670. The highest BCUT2D eigenvalue weighted by Gasteiger charge is 2.45. The summed E-state index contributed by atoms with van der Waals surface area (Å²) in [6, 6.07) is 76.3. The molecule has 0 atom stereocenters. The van der Waals surface area contributed by atoms with Crippen LogP contribution in [0.1, 0.15) is 76.1 Å². The highest BCUT2D eigenvalue weighted by molar-refractivity contribution is 7.00. The van der Waals surface area contributed by atoms with E-state index in [1.165, 1.54) is 0 Å². The van der Waals surface area contributed by atoms with Gasteiger partial charge in [0.2, 0.25) is 0 Å². The van der Waals surface area contributed by atoms with Gasteiger partial charge in [-0.25, -0.2) is 0 Å². The van der Waals surface area contributed by atoms with E-state index in [1.807, 2.05) is 103 Å². The van der Waals surface area contributed by atoms with Gasteiger partial charge in [-0.05, 0) is 185 Å². The highest BCUT2D eigenvalue weighted by Crippen LogP contribution is 2.51. The number of hydrogen-bond acceptors (Lipinski definition) is 3. The van der Waals surface area contributed by atoms with Crippen molar-refractivity contribution in [2.24, 2.45) is 0 Å². The Morgan fingerprint density at radius 1 is 0.323 bits per heavy atom. The zero-order chi connectivity index (χ0) is 78.2. The first-order valence-electron chi connectivity index (χ1n) is 39.9. The number of rotatable bonds is 9. The summed E-state index contributed by atoms with van der Waals surface area (Å²) in [6.45, 7) is 12.7. The fourth-order valence-electron chi connectivity index (χ4n) is 15.1. The summed E-state index contributed by atoms with van der Waals surface area (Å²) in [5.41, 5.74) is 18.3. The lowest BCUT2D eigenvalue weighted by molar-refractivity contribution is 0.569. The molecule has 6 heteroatoms. The van der Waals surface area contributed by atoms with E-state index in [0.29, 0.717) is 56.4 Å². The first-order chi connectivity index (χ1) is 53.7. The third-order valence-electron chi connectivity index (χ3n) is 19.9. The Morgan fingerprint density at radius 2 is 0.788 bits per heavy atom. The summed E-state index contributed by atoms with van der Waals surface area (Å²) in [4.78, 5) is 4.45. The minimum Gasteiger partial charge on any atom is -0.311 e. The maximum atomic E-state index is 11.6. The topological polar surface area (TPSA) is 40.1 Å². The maximum Gasteiger partial charge on any atom is 0.252 e. The molecule has 0 fully saturated rings. The van der Waals surface area contributed by atoms with Crippen molar-refractivity contribution in [3.8, 4) is 73.1 Å². The van der Waals surface area contributed by atoms with Crippen LogP contribution in [0.2, 0.25) is 0 Å². The number of aromatic nitrogens is 2. The molecule has 18 rings (SSSR count).